The minimum Gasteiger partial charge on any atom is -0.476 e. The molecule has 1 saturated heterocycles. The van der Waals surface area contributed by atoms with Gasteiger partial charge in [-0.05, 0) is 19.8 Å². The highest BCUT2D eigenvalue weighted by Gasteiger charge is 2.24. The number of nitrogens with zero attached hydrogens (tertiary/aromatic N) is 4. The first kappa shape index (κ1) is 16.4. The van der Waals surface area contributed by atoms with E-state index in [2.05, 4.69) is 20.4 Å². The Morgan fingerprint density at radius 2 is 1.92 bits per heavy atom. The molecule has 4 heterocycles. The molecule has 2 aromatic rings. The largest absolute Gasteiger partial charge is 0.476 e. The smallest absolute Gasteiger partial charge is 0.257 e. The quantitative estimate of drug-likeness (QED) is 0.831. The molecule has 4 rings (SSSR count). The Morgan fingerprint density at radius 1 is 1.16 bits per heavy atom. The van der Waals surface area contributed by atoms with Crippen LogP contribution in [0.2, 0.25) is 5.02 Å². The summed E-state index contributed by atoms with van der Waals surface area (Å²) in [6.45, 7) is 4.49. The molecular weight excluding hydrogens is 346 g/mol. The third kappa shape index (κ3) is 3.36. The van der Waals surface area contributed by atoms with Crippen LogP contribution in [0.1, 0.15) is 31.0 Å². The standard InChI is InChI=1S/C16H20ClN5O3/c1-10-13-15(21-22(10)11-3-7-23-8-4-11)25-6-2-5-24-14-12(17)9-18-16(19-13)20-14/h9,11H,2-8H2,1H3,(H,18,19,20). The van der Waals surface area contributed by atoms with Crippen molar-refractivity contribution in [1.29, 1.82) is 0 Å². The van der Waals surface area contributed by atoms with E-state index in [-0.39, 0.29) is 0 Å². The lowest BCUT2D eigenvalue weighted by molar-refractivity contribution is 0.0652. The van der Waals surface area contributed by atoms with Gasteiger partial charge >= 0.3 is 0 Å². The van der Waals surface area contributed by atoms with Crippen LogP contribution in [0, 0.1) is 6.92 Å². The van der Waals surface area contributed by atoms with Crippen LogP contribution in [-0.2, 0) is 4.74 Å². The zero-order chi connectivity index (χ0) is 17.2. The molecule has 0 saturated carbocycles. The van der Waals surface area contributed by atoms with Crippen molar-refractivity contribution >= 4 is 23.2 Å². The van der Waals surface area contributed by atoms with E-state index in [0.29, 0.717) is 48.4 Å². The fraction of sp³-hybridized carbons (Fsp3) is 0.562. The molecule has 0 unspecified atom stereocenters. The second-order valence-electron chi connectivity index (χ2n) is 6.08. The highest BCUT2D eigenvalue weighted by atomic mass is 35.5. The summed E-state index contributed by atoms with van der Waals surface area (Å²) >= 11 is 6.09. The van der Waals surface area contributed by atoms with Gasteiger partial charge in [-0.2, -0.15) is 4.98 Å². The molecule has 1 N–H and O–H groups in total. The van der Waals surface area contributed by atoms with Crippen LogP contribution in [-0.4, -0.2) is 46.2 Å². The number of fused-ring (bicyclic) bond motifs is 3. The highest BCUT2D eigenvalue weighted by Crippen LogP contribution is 2.35. The van der Waals surface area contributed by atoms with Crippen molar-refractivity contribution in [2.24, 2.45) is 0 Å². The summed E-state index contributed by atoms with van der Waals surface area (Å²) in [6.07, 6.45) is 4.12. The second-order valence-corrected chi connectivity index (χ2v) is 6.48. The topological polar surface area (TPSA) is 83.3 Å². The normalized spacial score (nSPS) is 18.3. The van der Waals surface area contributed by atoms with E-state index in [9.17, 15) is 0 Å². The molecule has 0 aliphatic carbocycles. The summed E-state index contributed by atoms with van der Waals surface area (Å²) in [4.78, 5) is 8.58. The lowest BCUT2D eigenvalue weighted by Crippen LogP contribution is -2.21. The number of rotatable bonds is 1. The number of halogens is 1. The number of nitrogens with one attached hydrogen (secondary N) is 1. The average molecular weight is 366 g/mol. The Labute approximate surface area is 150 Å². The summed E-state index contributed by atoms with van der Waals surface area (Å²) in [5.74, 6) is 1.34. The Hall–Kier alpha value is -2.06. The molecule has 2 aliphatic rings. The summed E-state index contributed by atoms with van der Waals surface area (Å²) in [5, 5.41) is 8.29. The number of hydrogen-bond donors (Lipinski definition) is 1. The van der Waals surface area contributed by atoms with E-state index in [1.807, 2.05) is 11.6 Å². The van der Waals surface area contributed by atoms with Gasteiger partial charge in [-0.3, -0.25) is 4.68 Å². The lowest BCUT2D eigenvalue weighted by Gasteiger charge is -2.23. The van der Waals surface area contributed by atoms with E-state index in [0.717, 1.165) is 37.4 Å². The van der Waals surface area contributed by atoms with Gasteiger partial charge in [0.25, 0.3) is 5.88 Å². The number of anilines is 2. The Bertz CT molecular complexity index is 760. The van der Waals surface area contributed by atoms with E-state index < -0.39 is 0 Å². The van der Waals surface area contributed by atoms with Crippen molar-refractivity contribution in [2.45, 2.75) is 32.2 Å². The summed E-state index contributed by atoms with van der Waals surface area (Å²) in [7, 11) is 0. The van der Waals surface area contributed by atoms with Crippen LogP contribution in [0.4, 0.5) is 11.6 Å². The van der Waals surface area contributed by atoms with E-state index in [1.54, 1.807) is 0 Å². The highest BCUT2D eigenvalue weighted by molar-refractivity contribution is 6.31. The van der Waals surface area contributed by atoms with Gasteiger partial charge in [0.15, 0.2) is 0 Å². The summed E-state index contributed by atoms with van der Waals surface area (Å²) in [6, 6.07) is 0.310. The molecule has 2 aromatic heterocycles. The monoisotopic (exact) mass is 365 g/mol. The molecule has 8 nitrogen and oxygen atoms in total. The van der Waals surface area contributed by atoms with Crippen molar-refractivity contribution in [1.82, 2.24) is 19.7 Å². The molecule has 0 aromatic carbocycles. The molecule has 0 spiro atoms. The van der Waals surface area contributed by atoms with Crippen LogP contribution in [0.5, 0.6) is 11.8 Å². The van der Waals surface area contributed by atoms with Gasteiger partial charge in [0, 0.05) is 19.6 Å². The van der Waals surface area contributed by atoms with Crippen LogP contribution in [0.15, 0.2) is 6.20 Å². The molecule has 0 radical (unpaired) electrons. The van der Waals surface area contributed by atoms with Crippen molar-refractivity contribution in [3.05, 3.63) is 16.9 Å². The van der Waals surface area contributed by atoms with Crippen LogP contribution >= 0.6 is 11.6 Å². The maximum absolute atomic E-state index is 6.09. The first-order valence-corrected chi connectivity index (χ1v) is 8.82. The maximum atomic E-state index is 6.09. The van der Waals surface area contributed by atoms with Gasteiger partial charge in [0.05, 0.1) is 31.1 Å². The molecule has 134 valence electrons. The van der Waals surface area contributed by atoms with E-state index >= 15 is 0 Å². The van der Waals surface area contributed by atoms with E-state index in [4.69, 9.17) is 25.8 Å². The molecule has 9 heteroatoms. The third-order valence-electron chi connectivity index (χ3n) is 4.37. The van der Waals surface area contributed by atoms with E-state index in [1.165, 1.54) is 6.20 Å². The third-order valence-corrected chi connectivity index (χ3v) is 4.63. The lowest BCUT2D eigenvalue weighted by atomic mass is 10.1. The van der Waals surface area contributed by atoms with Gasteiger partial charge < -0.3 is 19.5 Å². The van der Waals surface area contributed by atoms with Crippen molar-refractivity contribution in [3.63, 3.8) is 0 Å². The van der Waals surface area contributed by atoms with Crippen molar-refractivity contribution in [2.75, 3.05) is 31.7 Å². The second kappa shape index (κ2) is 7.05. The fourth-order valence-electron chi connectivity index (χ4n) is 3.04. The minimum atomic E-state index is 0.310. The van der Waals surface area contributed by atoms with Gasteiger partial charge in [-0.15, -0.1) is 5.10 Å². The summed E-state index contributed by atoms with van der Waals surface area (Å²) in [5.41, 5.74) is 1.77. The first-order valence-electron chi connectivity index (χ1n) is 8.44. The van der Waals surface area contributed by atoms with Crippen LogP contribution in [0.25, 0.3) is 0 Å². The predicted molar refractivity (Wildman–Crippen MR) is 92.0 cm³/mol. The number of hydrogen-bond acceptors (Lipinski definition) is 7. The Kier molecular flexibility index (Phi) is 4.63. The minimum absolute atomic E-state index is 0.310. The first-order chi connectivity index (χ1) is 12.2. The molecule has 25 heavy (non-hydrogen) atoms. The van der Waals surface area contributed by atoms with Gasteiger partial charge in [-0.25, -0.2) is 4.98 Å². The Morgan fingerprint density at radius 3 is 2.72 bits per heavy atom. The maximum Gasteiger partial charge on any atom is 0.257 e. The average Bonchev–Trinajstić information content (AvgIpc) is 2.92. The van der Waals surface area contributed by atoms with Gasteiger partial charge in [0.2, 0.25) is 11.8 Å². The van der Waals surface area contributed by atoms with Crippen LogP contribution in [0.3, 0.4) is 0 Å². The zero-order valence-electron chi connectivity index (χ0n) is 14.0. The Balaban J connectivity index is 1.71. The molecule has 1 fully saturated rings. The predicted octanol–water partition coefficient (Wildman–Crippen LogP) is 2.89. The zero-order valence-corrected chi connectivity index (χ0v) is 14.8. The molecule has 2 bridgehead atoms. The number of ether oxygens (including phenoxy) is 3. The molecular formula is C16H20ClN5O3. The SMILES string of the molecule is Cc1c2c(nn1C1CCOCC1)OCCCOc1nc(ncc1Cl)N2. The summed E-state index contributed by atoms with van der Waals surface area (Å²) < 4.78 is 19.0. The number of aromatic nitrogens is 4. The van der Waals surface area contributed by atoms with Crippen molar-refractivity contribution < 1.29 is 14.2 Å². The van der Waals surface area contributed by atoms with Gasteiger partial charge in [-0.1, -0.05) is 11.6 Å². The molecule has 0 amide bonds. The van der Waals surface area contributed by atoms with Crippen molar-refractivity contribution in [3.8, 4) is 11.8 Å². The molecule has 2 aliphatic heterocycles. The fourth-order valence-corrected chi connectivity index (χ4v) is 3.19. The molecule has 0 atom stereocenters. The van der Waals surface area contributed by atoms with Crippen LogP contribution < -0.4 is 14.8 Å². The van der Waals surface area contributed by atoms with Gasteiger partial charge in [0.1, 0.15) is 10.7 Å².